The van der Waals surface area contributed by atoms with Gasteiger partial charge < -0.3 is 10.1 Å². The predicted molar refractivity (Wildman–Crippen MR) is 94.8 cm³/mol. The van der Waals surface area contributed by atoms with Gasteiger partial charge in [0.25, 0.3) is 0 Å². The molecule has 1 aliphatic rings. The van der Waals surface area contributed by atoms with E-state index in [1.54, 1.807) is 0 Å². The van der Waals surface area contributed by atoms with Crippen molar-refractivity contribution < 1.29 is 4.74 Å². The summed E-state index contributed by atoms with van der Waals surface area (Å²) in [5.74, 6) is 2.33. The summed E-state index contributed by atoms with van der Waals surface area (Å²) >= 11 is 2.38. The van der Waals surface area contributed by atoms with Gasteiger partial charge in [-0.2, -0.15) is 0 Å². The van der Waals surface area contributed by atoms with Crippen LogP contribution in [0.15, 0.2) is 0 Å². The molecule has 1 fully saturated rings. The van der Waals surface area contributed by atoms with Crippen LogP contribution in [0.25, 0.3) is 0 Å². The van der Waals surface area contributed by atoms with Crippen LogP contribution in [0.2, 0.25) is 0 Å². The lowest BCUT2D eigenvalue weighted by molar-refractivity contribution is -0.0391. The van der Waals surface area contributed by atoms with Crippen molar-refractivity contribution in [1.29, 1.82) is 0 Å². The molecular weight excluding hydrogens is 377 g/mol. The van der Waals surface area contributed by atoms with Gasteiger partial charge in [0.2, 0.25) is 0 Å². The largest absolute Gasteiger partial charge is 0.372 e. The molecule has 1 N–H and O–H groups in total. The van der Waals surface area contributed by atoms with Crippen LogP contribution in [0.5, 0.6) is 0 Å². The van der Waals surface area contributed by atoms with E-state index in [2.05, 4.69) is 41.8 Å². The van der Waals surface area contributed by atoms with Crippen LogP contribution < -0.4 is 5.32 Å². The SMILES string of the molecule is CCOC(C)(CC)c1nc(NC)c(I)c(C2CCCC2)n1. The Morgan fingerprint density at radius 3 is 2.48 bits per heavy atom. The number of aromatic nitrogens is 2. The summed E-state index contributed by atoms with van der Waals surface area (Å²) in [4.78, 5) is 9.67. The average molecular weight is 403 g/mol. The third-order valence-corrected chi connectivity index (χ3v) is 5.53. The highest BCUT2D eigenvalue weighted by Crippen LogP contribution is 2.38. The fraction of sp³-hybridized carbons (Fsp3) is 0.750. The zero-order valence-corrected chi connectivity index (χ0v) is 15.7. The highest BCUT2D eigenvalue weighted by molar-refractivity contribution is 14.1. The van der Waals surface area contributed by atoms with E-state index in [4.69, 9.17) is 14.7 Å². The maximum atomic E-state index is 5.97. The minimum Gasteiger partial charge on any atom is -0.372 e. The number of nitrogens with zero attached hydrogens (tertiary/aromatic N) is 2. The smallest absolute Gasteiger partial charge is 0.162 e. The second kappa shape index (κ2) is 7.22. The summed E-state index contributed by atoms with van der Waals surface area (Å²) in [5.41, 5.74) is 0.805. The molecule has 1 saturated carbocycles. The van der Waals surface area contributed by atoms with Crippen LogP contribution in [0.1, 0.15) is 70.3 Å². The maximum Gasteiger partial charge on any atom is 0.162 e. The van der Waals surface area contributed by atoms with Gasteiger partial charge in [-0.25, -0.2) is 9.97 Å². The Bertz CT molecular complexity index is 489. The molecular formula is C16H26IN3O. The Morgan fingerprint density at radius 2 is 1.95 bits per heavy atom. The van der Waals surface area contributed by atoms with E-state index in [-0.39, 0.29) is 0 Å². The molecule has 0 bridgehead atoms. The number of hydrogen-bond acceptors (Lipinski definition) is 4. The van der Waals surface area contributed by atoms with Crippen LogP contribution in [0, 0.1) is 3.57 Å². The van der Waals surface area contributed by atoms with Crippen LogP contribution in [-0.4, -0.2) is 23.6 Å². The minimum absolute atomic E-state index is 0.405. The number of ether oxygens (including phenoxy) is 1. The van der Waals surface area contributed by atoms with Gasteiger partial charge in [-0.3, -0.25) is 0 Å². The Labute approximate surface area is 141 Å². The molecule has 0 aromatic carbocycles. The number of rotatable bonds is 6. The number of anilines is 1. The standard InChI is InChI=1S/C16H26IN3O/c1-5-16(3,21-6-2)15-19-13(11-9-7-8-10-11)12(17)14(18-4)20-15/h11H,5-10H2,1-4H3,(H,18,19,20). The average Bonchev–Trinajstić information content (AvgIpc) is 3.01. The molecule has 1 aromatic rings. The van der Waals surface area contributed by atoms with Crippen molar-refractivity contribution in [3.05, 3.63) is 15.1 Å². The molecule has 0 spiro atoms. The first kappa shape index (κ1) is 16.9. The Kier molecular flexibility index (Phi) is 5.82. The van der Waals surface area contributed by atoms with E-state index in [0.29, 0.717) is 12.5 Å². The molecule has 1 aliphatic carbocycles. The maximum absolute atomic E-state index is 5.97. The molecule has 118 valence electrons. The van der Waals surface area contributed by atoms with E-state index in [1.807, 2.05) is 14.0 Å². The molecule has 5 heteroatoms. The van der Waals surface area contributed by atoms with Crippen molar-refractivity contribution in [2.45, 2.75) is 64.4 Å². The summed E-state index contributed by atoms with van der Waals surface area (Å²) in [6.45, 7) is 6.92. The molecule has 0 saturated heterocycles. The molecule has 4 nitrogen and oxygen atoms in total. The second-order valence-corrected chi connectivity index (χ2v) is 6.92. The first-order valence-electron chi connectivity index (χ1n) is 7.95. The highest BCUT2D eigenvalue weighted by atomic mass is 127. The molecule has 1 heterocycles. The number of hydrogen-bond donors (Lipinski definition) is 1. The third-order valence-electron chi connectivity index (χ3n) is 4.47. The summed E-state index contributed by atoms with van der Waals surface area (Å²) in [5, 5.41) is 3.22. The Hall–Kier alpha value is -0.430. The lowest BCUT2D eigenvalue weighted by Crippen LogP contribution is -2.29. The first-order chi connectivity index (χ1) is 10.1. The molecule has 2 rings (SSSR count). The fourth-order valence-electron chi connectivity index (χ4n) is 2.98. The van der Waals surface area contributed by atoms with Crippen molar-refractivity contribution >= 4 is 28.4 Å². The summed E-state index contributed by atoms with van der Waals surface area (Å²) in [6, 6.07) is 0. The van der Waals surface area contributed by atoms with Gasteiger partial charge in [-0.15, -0.1) is 0 Å². The van der Waals surface area contributed by atoms with E-state index in [0.717, 1.165) is 18.1 Å². The summed E-state index contributed by atoms with van der Waals surface area (Å²) in [6.07, 6.45) is 5.98. The normalized spacial score (nSPS) is 18.7. The van der Waals surface area contributed by atoms with Crippen LogP contribution in [-0.2, 0) is 10.3 Å². The van der Waals surface area contributed by atoms with Gasteiger partial charge in [-0.1, -0.05) is 19.8 Å². The van der Waals surface area contributed by atoms with Crippen molar-refractivity contribution in [2.24, 2.45) is 0 Å². The van der Waals surface area contributed by atoms with Gasteiger partial charge in [0.05, 0.1) is 9.26 Å². The van der Waals surface area contributed by atoms with Crippen LogP contribution in [0.3, 0.4) is 0 Å². The summed E-state index contributed by atoms with van der Waals surface area (Å²) in [7, 11) is 1.93. The van der Waals surface area contributed by atoms with Gasteiger partial charge in [0.15, 0.2) is 5.82 Å². The molecule has 0 radical (unpaired) electrons. The molecule has 1 atom stereocenters. The van der Waals surface area contributed by atoms with Crippen molar-refractivity contribution in [3.63, 3.8) is 0 Å². The van der Waals surface area contributed by atoms with Gasteiger partial charge in [-0.05, 0) is 55.7 Å². The van der Waals surface area contributed by atoms with E-state index < -0.39 is 5.60 Å². The monoisotopic (exact) mass is 403 g/mol. The molecule has 21 heavy (non-hydrogen) atoms. The zero-order chi connectivity index (χ0) is 15.5. The lowest BCUT2D eigenvalue weighted by Gasteiger charge is -2.28. The zero-order valence-electron chi connectivity index (χ0n) is 13.5. The molecule has 1 unspecified atom stereocenters. The van der Waals surface area contributed by atoms with E-state index in [9.17, 15) is 0 Å². The van der Waals surface area contributed by atoms with Gasteiger partial charge in [0.1, 0.15) is 11.4 Å². The first-order valence-corrected chi connectivity index (χ1v) is 9.03. The number of nitrogens with one attached hydrogen (secondary N) is 1. The highest BCUT2D eigenvalue weighted by Gasteiger charge is 2.32. The Balaban J connectivity index is 2.48. The molecule has 0 aliphatic heterocycles. The topological polar surface area (TPSA) is 47.0 Å². The lowest BCUT2D eigenvalue weighted by atomic mass is 9.99. The molecule has 0 amide bonds. The van der Waals surface area contributed by atoms with Gasteiger partial charge >= 0.3 is 0 Å². The quantitative estimate of drug-likeness (QED) is 0.714. The van der Waals surface area contributed by atoms with Crippen LogP contribution >= 0.6 is 22.6 Å². The third kappa shape index (κ3) is 3.50. The fourth-order valence-corrected chi connectivity index (χ4v) is 3.93. The van der Waals surface area contributed by atoms with Crippen molar-refractivity contribution in [3.8, 4) is 0 Å². The van der Waals surface area contributed by atoms with Crippen molar-refractivity contribution in [1.82, 2.24) is 9.97 Å². The number of halogens is 1. The predicted octanol–water partition coefficient (Wildman–Crippen LogP) is 4.44. The molecule has 1 aromatic heterocycles. The second-order valence-electron chi connectivity index (χ2n) is 5.84. The minimum atomic E-state index is -0.405. The van der Waals surface area contributed by atoms with Crippen LogP contribution in [0.4, 0.5) is 5.82 Å². The van der Waals surface area contributed by atoms with Crippen molar-refractivity contribution in [2.75, 3.05) is 19.0 Å². The van der Waals surface area contributed by atoms with E-state index in [1.165, 1.54) is 34.9 Å². The summed E-state index contributed by atoms with van der Waals surface area (Å²) < 4.78 is 7.13. The Morgan fingerprint density at radius 1 is 1.29 bits per heavy atom. The van der Waals surface area contributed by atoms with E-state index >= 15 is 0 Å². The van der Waals surface area contributed by atoms with Gasteiger partial charge in [0, 0.05) is 19.6 Å².